The molecule has 1 N–H and O–H groups in total. The summed E-state index contributed by atoms with van der Waals surface area (Å²) in [5.41, 5.74) is 4.57. The minimum absolute atomic E-state index is 0.229. The zero-order valence-electron chi connectivity index (χ0n) is 21.1. The smallest absolute Gasteiger partial charge is 0.406 e. The second-order valence-corrected chi connectivity index (χ2v) is 9.45. The number of nitrogens with one attached hydrogen (secondary N) is 1. The van der Waals surface area contributed by atoms with Gasteiger partial charge in [0.15, 0.2) is 5.65 Å². The Hall–Kier alpha value is -3.99. The molecule has 2 aromatic carbocycles. The Morgan fingerprint density at radius 2 is 1.59 bits per heavy atom. The van der Waals surface area contributed by atoms with Gasteiger partial charge in [0.1, 0.15) is 16.6 Å². The van der Waals surface area contributed by atoms with Gasteiger partial charge in [-0.2, -0.15) is 0 Å². The maximum atomic E-state index is 13.0. The number of carbonyl (C=O) groups excluding carboxylic acids is 1. The van der Waals surface area contributed by atoms with E-state index in [9.17, 15) is 18.0 Å². The van der Waals surface area contributed by atoms with Gasteiger partial charge in [0.05, 0.1) is 11.9 Å². The number of fused-ring (bicyclic) bond motifs is 1. The summed E-state index contributed by atoms with van der Waals surface area (Å²) >= 11 is 6.03. The van der Waals surface area contributed by atoms with Crippen LogP contribution in [0.1, 0.15) is 28.7 Å². The quantitative estimate of drug-likeness (QED) is 0.340. The van der Waals surface area contributed by atoms with E-state index in [2.05, 4.69) is 29.8 Å². The number of anilines is 2. The Morgan fingerprint density at radius 3 is 2.15 bits per heavy atom. The van der Waals surface area contributed by atoms with Crippen molar-refractivity contribution in [1.29, 1.82) is 0 Å². The molecule has 3 heterocycles. The number of imidazole rings is 1. The molecule has 1 aliphatic rings. The molecule has 1 aliphatic heterocycles. The molecule has 0 atom stereocenters. The van der Waals surface area contributed by atoms with Crippen molar-refractivity contribution in [2.45, 2.75) is 26.3 Å². The van der Waals surface area contributed by atoms with Crippen LogP contribution in [0.4, 0.5) is 24.5 Å². The first-order valence-electron chi connectivity index (χ1n) is 12.5. The van der Waals surface area contributed by atoms with Crippen LogP contribution in [-0.2, 0) is 13.0 Å². The normalized spacial score (nSPS) is 14.1. The lowest BCUT2D eigenvalue weighted by atomic mass is 10.1. The van der Waals surface area contributed by atoms with Gasteiger partial charge in [0.2, 0.25) is 0 Å². The van der Waals surface area contributed by atoms with E-state index in [4.69, 9.17) is 11.6 Å². The predicted octanol–water partition coefficient (Wildman–Crippen LogP) is 5.10. The van der Waals surface area contributed by atoms with Gasteiger partial charge < -0.3 is 19.9 Å². The standard InChI is InChI=1S/C27H26ClF3N6O2/c1-2-22-25(37-17-23(28)32-16-24(37)34-22)26(38)33-15-18-3-5-19(6-4-18)35-11-13-36(14-12-35)20-7-9-21(10-8-20)39-27(29,30)31/h3-10,16-17H,2,11-15H2,1H3,(H,33,38). The molecular weight excluding hydrogens is 533 g/mol. The molecule has 5 rings (SSSR count). The molecule has 1 fully saturated rings. The van der Waals surface area contributed by atoms with Crippen LogP contribution in [0.3, 0.4) is 0 Å². The van der Waals surface area contributed by atoms with Gasteiger partial charge >= 0.3 is 6.36 Å². The van der Waals surface area contributed by atoms with Crippen LogP contribution in [0.2, 0.25) is 5.15 Å². The van der Waals surface area contributed by atoms with E-state index >= 15 is 0 Å². The first kappa shape index (κ1) is 26.6. The van der Waals surface area contributed by atoms with E-state index in [1.165, 1.54) is 12.1 Å². The fourth-order valence-electron chi connectivity index (χ4n) is 4.64. The minimum atomic E-state index is -4.70. The summed E-state index contributed by atoms with van der Waals surface area (Å²) in [6.45, 7) is 5.29. The van der Waals surface area contributed by atoms with E-state index in [0.29, 0.717) is 30.0 Å². The van der Waals surface area contributed by atoms with Crippen molar-refractivity contribution in [3.05, 3.63) is 83.0 Å². The van der Waals surface area contributed by atoms with Crippen molar-refractivity contribution in [2.24, 2.45) is 0 Å². The number of hydrogen-bond acceptors (Lipinski definition) is 6. The van der Waals surface area contributed by atoms with Crippen molar-refractivity contribution >= 4 is 34.5 Å². The summed E-state index contributed by atoms with van der Waals surface area (Å²) in [7, 11) is 0. The molecular formula is C27H26ClF3N6O2. The van der Waals surface area contributed by atoms with Crippen LogP contribution in [-0.4, -0.2) is 52.8 Å². The van der Waals surface area contributed by atoms with Gasteiger partial charge in [-0.1, -0.05) is 30.7 Å². The van der Waals surface area contributed by atoms with E-state index in [1.807, 2.05) is 31.2 Å². The highest BCUT2D eigenvalue weighted by Crippen LogP contribution is 2.27. The van der Waals surface area contributed by atoms with Gasteiger partial charge in [-0.25, -0.2) is 9.97 Å². The lowest BCUT2D eigenvalue weighted by Gasteiger charge is -2.37. The zero-order chi connectivity index (χ0) is 27.6. The average molecular weight is 559 g/mol. The molecule has 2 aromatic heterocycles. The van der Waals surface area contributed by atoms with Gasteiger partial charge in [-0.3, -0.25) is 9.20 Å². The third kappa shape index (κ3) is 6.19. The Bertz CT molecular complexity index is 1450. The summed E-state index contributed by atoms with van der Waals surface area (Å²) < 4.78 is 42.8. The number of halogens is 4. The van der Waals surface area contributed by atoms with Crippen molar-refractivity contribution in [2.75, 3.05) is 36.0 Å². The molecule has 0 spiro atoms. The fraction of sp³-hybridized carbons (Fsp3) is 0.296. The topological polar surface area (TPSA) is 75.0 Å². The molecule has 12 heteroatoms. The number of alkyl halides is 3. The second-order valence-electron chi connectivity index (χ2n) is 9.06. The van der Waals surface area contributed by atoms with Crippen LogP contribution in [0.25, 0.3) is 5.65 Å². The number of piperazine rings is 1. The molecule has 4 aromatic rings. The molecule has 8 nitrogen and oxygen atoms in total. The highest BCUT2D eigenvalue weighted by molar-refractivity contribution is 6.29. The molecule has 1 saturated heterocycles. The maximum Gasteiger partial charge on any atom is 0.573 e. The Balaban J connectivity index is 1.16. The highest BCUT2D eigenvalue weighted by Gasteiger charge is 2.31. The Labute approximate surface area is 228 Å². The highest BCUT2D eigenvalue weighted by atomic mass is 35.5. The number of rotatable bonds is 7. The molecule has 204 valence electrons. The summed E-state index contributed by atoms with van der Waals surface area (Å²) in [6.07, 6.45) is -0.972. The SMILES string of the molecule is CCc1nc2cnc(Cl)cn2c1C(=O)NCc1ccc(N2CCN(c3ccc(OC(F)(F)F)cc3)CC2)cc1. The van der Waals surface area contributed by atoms with Crippen molar-refractivity contribution in [3.8, 4) is 5.75 Å². The molecule has 0 radical (unpaired) electrons. The predicted molar refractivity (Wildman–Crippen MR) is 143 cm³/mol. The fourth-order valence-corrected chi connectivity index (χ4v) is 4.79. The van der Waals surface area contributed by atoms with Crippen LogP contribution < -0.4 is 19.9 Å². The Morgan fingerprint density at radius 1 is 1.00 bits per heavy atom. The van der Waals surface area contributed by atoms with E-state index in [0.717, 1.165) is 43.1 Å². The minimum Gasteiger partial charge on any atom is -0.406 e. The Kier molecular flexibility index (Phi) is 7.51. The van der Waals surface area contributed by atoms with Gasteiger partial charge in [-0.05, 0) is 48.4 Å². The lowest BCUT2D eigenvalue weighted by Crippen LogP contribution is -2.46. The lowest BCUT2D eigenvalue weighted by molar-refractivity contribution is -0.274. The number of amides is 1. The average Bonchev–Trinajstić information content (AvgIpc) is 3.29. The van der Waals surface area contributed by atoms with Crippen molar-refractivity contribution in [3.63, 3.8) is 0 Å². The third-order valence-corrected chi connectivity index (χ3v) is 6.76. The van der Waals surface area contributed by atoms with E-state index in [-0.39, 0.29) is 16.8 Å². The van der Waals surface area contributed by atoms with Crippen LogP contribution in [0, 0.1) is 0 Å². The monoisotopic (exact) mass is 558 g/mol. The van der Waals surface area contributed by atoms with Gasteiger partial charge in [0.25, 0.3) is 5.91 Å². The third-order valence-electron chi connectivity index (χ3n) is 6.57. The van der Waals surface area contributed by atoms with Crippen LogP contribution >= 0.6 is 11.6 Å². The van der Waals surface area contributed by atoms with Crippen molar-refractivity contribution in [1.82, 2.24) is 19.7 Å². The molecule has 0 unspecified atom stereocenters. The number of benzene rings is 2. The zero-order valence-corrected chi connectivity index (χ0v) is 21.8. The first-order valence-corrected chi connectivity index (χ1v) is 12.8. The van der Waals surface area contributed by atoms with Gasteiger partial charge in [0, 0.05) is 50.3 Å². The number of nitrogens with zero attached hydrogens (tertiary/aromatic N) is 5. The van der Waals surface area contributed by atoms with Gasteiger partial charge in [-0.15, -0.1) is 13.2 Å². The second kappa shape index (κ2) is 11.0. The van der Waals surface area contributed by atoms with E-state index < -0.39 is 6.36 Å². The molecule has 0 saturated carbocycles. The van der Waals surface area contributed by atoms with Crippen molar-refractivity contribution < 1.29 is 22.7 Å². The van der Waals surface area contributed by atoms with Crippen LogP contribution in [0.15, 0.2) is 60.9 Å². The number of ether oxygens (including phenoxy) is 1. The summed E-state index contributed by atoms with van der Waals surface area (Å²) in [5.74, 6) is -0.466. The number of hydrogen-bond donors (Lipinski definition) is 1. The van der Waals surface area contributed by atoms with Crippen LogP contribution in [0.5, 0.6) is 5.75 Å². The maximum absolute atomic E-state index is 13.0. The first-order chi connectivity index (χ1) is 18.7. The summed E-state index contributed by atoms with van der Waals surface area (Å²) in [5, 5.41) is 3.25. The molecule has 0 bridgehead atoms. The largest absolute Gasteiger partial charge is 0.573 e. The molecule has 0 aliphatic carbocycles. The number of aryl methyl sites for hydroxylation is 1. The van der Waals surface area contributed by atoms with E-state index in [1.54, 1.807) is 28.9 Å². The summed E-state index contributed by atoms with van der Waals surface area (Å²) in [6, 6.07) is 14.0. The number of carbonyl (C=O) groups is 1. The molecule has 1 amide bonds. The number of aromatic nitrogens is 3. The summed E-state index contributed by atoms with van der Waals surface area (Å²) in [4.78, 5) is 25.9. The molecule has 39 heavy (non-hydrogen) atoms.